The fourth-order valence-electron chi connectivity index (χ4n) is 4.01. The summed E-state index contributed by atoms with van der Waals surface area (Å²) in [5.74, 6) is -0.544. The summed E-state index contributed by atoms with van der Waals surface area (Å²) in [7, 11) is 0. The Kier molecular flexibility index (Phi) is 4.82. The summed E-state index contributed by atoms with van der Waals surface area (Å²) in [5.41, 5.74) is 0.511. The monoisotopic (exact) mass is 418 g/mol. The molecule has 8 heteroatoms. The van der Waals surface area contributed by atoms with Gasteiger partial charge in [0.15, 0.2) is 0 Å². The largest absolute Gasteiger partial charge is 0.418 e. The van der Waals surface area contributed by atoms with Crippen molar-refractivity contribution in [2.24, 2.45) is 0 Å². The highest BCUT2D eigenvalue weighted by Gasteiger charge is 2.34. The summed E-state index contributed by atoms with van der Waals surface area (Å²) in [6.45, 7) is 0.465. The first-order chi connectivity index (χ1) is 15.1. The van der Waals surface area contributed by atoms with Crippen LogP contribution in [-0.2, 0) is 0 Å². The van der Waals surface area contributed by atoms with Crippen LogP contribution in [-0.4, -0.2) is 32.5 Å². The van der Waals surface area contributed by atoms with E-state index in [1.54, 1.807) is 35.2 Å². The average molecular weight is 418 g/mol. The third-order valence-electron chi connectivity index (χ3n) is 5.58. The lowest BCUT2D eigenvalue weighted by molar-refractivity contribution is 0.0571. The molecule has 156 valence electrons. The first kappa shape index (κ1) is 19.2. The molecule has 2 aromatic heterocycles. The second-order valence-corrected chi connectivity index (χ2v) is 7.53. The highest BCUT2D eigenvalue weighted by molar-refractivity contribution is 5.97. The molecule has 0 bridgehead atoms. The number of piperidine rings is 1. The Morgan fingerprint density at radius 3 is 2.77 bits per heavy atom. The highest BCUT2D eigenvalue weighted by Crippen LogP contribution is 2.33. The molecule has 0 saturated carbocycles. The fourth-order valence-corrected chi connectivity index (χ4v) is 4.01. The van der Waals surface area contributed by atoms with E-state index < -0.39 is 17.4 Å². The van der Waals surface area contributed by atoms with E-state index >= 15 is 0 Å². The molecule has 3 heterocycles. The van der Waals surface area contributed by atoms with Crippen molar-refractivity contribution >= 4 is 16.8 Å². The van der Waals surface area contributed by atoms with Gasteiger partial charge < -0.3 is 14.3 Å². The molecule has 1 fully saturated rings. The number of aromatic nitrogens is 3. The number of benzene rings is 2. The van der Waals surface area contributed by atoms with Crippen molar-refractivity contribution < 1.29 is 13.6 Å². The van der Waals surface area contributed by atoms with E-state index in [-0.39, 0.29) is 28.8 Å². The summed E-state index contributed by atoms with van der Waals surface area (Å²) in [4.78, 5) is 30.3. The molecule has 1 unspecified atom stereocenters. The first-order valence-electron chi connectivity index (χ1n) is 10.1. The van der Waals surface area contributed by atoms with Gasteiger partial charge in [-0.3, -0.25) is 9.59 Å². The Morgan fingerprint density at radius 2 is 1.90 bits per heavy atom. The third-order valence-corrected chi connectivity index (χ3v) is 5.58. The molecule has 0 spiro atoms. The predicted octanol–water partition coefficient (Wildman–Crippen LogP) is 4.08. The molecule has 0 aliphatic carbocycles. The number of nitrogens with one attached hydrogen (secondary N) is 1. The molecule has 0 radical (unpaired) electrons. The van der Waals surface area contributed by atoms with Crippen molar-refractivity contribution in [2.75, 3.05) is 6.54 Å². The van der Waals surface area contributed by atoms with Crippen molar-refractivity contribution in [3.8, 4) is 11.5 Å². The fraction of sp³-hybridized carbons (Fsp3) is 0.217. The Hall–Kier alpha value is -3.81. The molecule has 1 saturated heterocycles. The molecule has 5 rings (SSSR count). The van der Waals surface area contributed by atoms with E-state index in [1.165, 1.54) is 6.07 Å². The summed E-state index contributed by atoms with van der Waals surface area (Å²) in [5, 5.41) is 8.85. The van der Waals surface area contributed by atoms with Gasteiger partial charge in [0.25, 0.3) is 17.4 Å². The Bertz CT molecular complexity index is 1330. The van der Waals surface area contributed by atoms with Crippen LogP contribution in [0.5, 0.6) is 0 Å². The van der Waals surface area contributed by atoms with Crippen LogP contribution in [0, 0.1) is 5.82 Å². The number of rotatable bonds is 3. The lowest BCUT2D eigenvalue weighted by Gasteiger charge is -2.33. The van der Waals surface area contributed by atoms with Crippen LogP contribution in [0.15, 0.2) is 63.8 Å². The molecule has 7 nitrogen and oxygen atoms in total. The lowest BCUT2D eigenvalue weighted by atomic mass is 10.0. The number of carbonyl (C=O) groups excluding carboxylic acids is 1. The second-order valence-electron chi connectivity index (χ2n) is 7.53. The van der Waals surface area contributed by atoms with Crippen molar-refractivity contribution in [1.82, 2.24) is 20.1 Å². The molecule has 2 aromatic carbocycles. The zero-order chi connectivity index (χ0) is 21.4. The van der Waals surface area contributed by atoms with Gasteiger partial charge in [-0.2, -0.15) is 0 Å². The standard InChI is InChI=1S/C23H19FN4O3/c24-17-9-3-2-8-15(17)21-26-27-22(31-21)19-11-5-6-12-28(19)23(30)16-13-14-7-1-4-10-18(14)25-20(16)29/h1-4,7-10,13,19H,5-6,11-12H2,(H,25,29). The van der Waals surface area contributed by atoms with Crippen molar-refractivity contribution in [3.63, 3.8) is 0 Å². The van der Waals surface area contributed by atoms with Crippen molar-refractivity contribution in [1.29, 1.82) is 0 Å². The molecular formula is C23H19FN4O3. The van der Waals surface area contributed by atoms with Crippen molar-refractivity contribution in [3.05, 3.63) is 82.2 Å². The van der Waals surface area contributed by atoms with Gasteiger partial charge in [0.05, 0.1) is 5.56 Å². The summed E-state index contributed by atoms with van der Waals surface area (Å²) < 4.78 is 19.9. The van der Waals surface area contributed by atoms with Crippen LogP contribution >= 0.6 is 0 Å². The maximum Gasteiger partial charge on any atom is 0.261 e. The topological polar surface area (TPSA) is 92.1 Å². The average Bonchev–Trinajstić information content (AvgIpc) is 3.28. The number of para-hydroxylation sites is 1. The summed E-state index contributed by atoms with van der Waals surface area (Å²) in [6, 6.07) is 14.6. The number of aromatic amines is 1. The van der Waals surface area contributed by atoms with Crippen LogP contribution in [0.3, 0.4) is 0 Å². The first-order valence-corrected chi connectivity index (χ1v) is 10.1. The van der Waals surface area contributed by atoms with Gasteiger partial charge in [0.2, 0.25) is 5.89 Å². The predicted molar refractivity (Wildman–Crippen MR) is 112 cm³/mol. The van der Waals surface area contributed by atoms with E-state index in [9.17, 15) is 14.0 Å². The molecule has 1 atom stereocenters. The smallest absolute Gasteiger partial charge is 0.261 e. The maximum atomic E-state index is 14.1. The van der Waals surface area contributed by atoms with Gasteiger partial charge >= 0.3 is 0 Å². The number of likely N-dealkylation sites (tertiary alicyclic amines) is 1. The van der Waals surface area contributed by atoms with Gasteiger partial charge in [-0.25, -0.2) is 4.39 Å². The zero-order valence-corrected chi connectivity index (χ0v) is 16.5. The minimum atomic E-state index is -0.472. The van der Waals surface area contributed by atoms with E-state index in [2.05, 4.69) is 15.2 Å². The number of amides is 1. The molecule has 1 amide bonds. The molecule has 1 aliphatic heterocycles. The van der Waals surface area contributed by atoms with E-state index in [1.807, 2.05) is 18.2 Å². The minimum absolute atomic E-state index is 0.0645. The molecule has 31 heavy (non-hydrogen) atoms. The molecule has 4 aromatic rings. The number of hydrogen-bond donors (Lipinski definition) is 1. The highest BCUT2D eigenvalue weighted by atomic mass is 19.1. The van der Waals surface area contributed by atoms with Crippen molar-refractivity contribution in [2.45, 2.75) is 25.3 Å². The normalized spacial score (nSPS) is 16.5. The summed E-state index contributed by atoms with van der Waals surface area (Å²) >= 11 is 0. The number of carbonyl (C=O) groups is 1. The quantitative estimate of drug-likeness (QED) is 0.541. The number of pyridine rings is 1. The molecule has 1 N–H and O–H groups in total. The van der Waals surface area contributed by atoms with Crippen LogP contribution in [0.1, 0.15) is 41.6 Å². The lowest BCUT2D eigenvalue weighted by Crippen LogP contribution is -2.40. The molecular weight excluding hydrogens is 399 g/mol. The van der Waals surface area contributed by atoms with E-state index in [0.29, 0.717) is 18.5 Å². The van der Waals surface area contributed by atoms with Crippen LogP contribution in [0.4, 0.5) is 4.39 Å². The van der Waals surface area contributed by atoms with Gasteiger partial charge in [-0.1, -0.05) is 30.3 Å². The number of hydrogen-bond acceptors (Lipinski definition) is 5. The number of halogens is 1. The number of nitrogens with zero attached hydrogens (tertiary/aromatic N) is 3. The molecule has 1 aliphatic rings. The Balaban J connectivity index is 1.49. The van der Waals surface area contributed by atoms with Crippen LogP contribution in [0.25, 0.3) is 22.4 Å². The Labute approximate surface area is 176 Å². The van der Waals surface area contributed by atoms with E-state index in [4.69, 9.17) is 4.42 Å². The van der Waals surface area contributed by atoms with Gasteiger partial charge in [-0.05, 0) is 48.9 Å². The van der Waals surface area contributed by atoms with Gasteiger partial charge in [0, 0.05) is 12.1 Å². The van der Waals surface area contributed by atoms with E-state index in [0.717, 1.165) is 18.2 Å². The third kappa shape index (κ3) is 3.50. The number of fused-ring (bicyclic) bond motifs is 1. The summed E-state index contributed by atoms with van der Waals surface area (Å²) in [6.07, 6.45) is 2.30. The second kappa shape index (κ2) is 7.79. The zero-order valence-electron chi connectivity index (χ0n) is 16.5. The SMILES string of the molecule is O=C(c1cc2ccccc2[nH]c1=O)N1CCCCC1c1nnc(-c2ccccc2F)o1. The van der Waals surface area contributed by atoms with Crippen LogP contribution in [0.2, 0.25) is 0 Å². The van der Waals surface area contributed by atoms with Gasteiger partial charge in [0.1, 0.15) is 17.4 Å². The van der Waals surface area contributed by atoms with Crippen LogP contribution < -0.4 is 5.56 Å². The minimum Gasteiger partial charge on any atom is -0.418 e. The Morgan fingerprint density at radius 1 is 1.10 bits per heavy atom. The maximum absolute atomic E-state index is 14.1. The number of H-pyrrole nitrogens is 1. The van der Waals surface area contributed by atoms with Gasteiger partial charge in [-0.15, -0.1) is 10.2 Å².